The molecule has 18 heavy (non-hydrogen) atoms. The molecule has 1 saturated heterocycles. The van der Waals surface area contributed by atoms with Gasteiger partial charge >= 0.3 is 0 Å². The number of hydrogen-bond acceptors (Lipinski definition) is 3. The molecule has 0 bridgehead atoms. The topological polar surface area (TPSA) is 38.5 Å². The molecular weight excluding hydrogens is 224 g/mol. The second kappa shape index (κ2) is 6.76. The van der Waals surface area contributed by atoms with Gasteiger partial charge in [-0.3, -0.25) is 4.90 Å². The standard InChI is InChI=1S/C15H24N2O/c1-2-14-7-5-9-17(14)10-11-18-15-8-4-3-6-13(15)12-16/h3-4,6,8,14H,2,5,7,9-12,16H2,1H3. The monoisotopic (exact) mass is 248 g/mol. The van der Waals surface area contributed by atoms with E-state index in [4.69, 9.17) is 10.5 Å². The summed E-state index contributed by atoms with van der Waals surface area (Å²) in [6.07, 6.45) is 3.92. The van der Waals surface area contributed by atoms with Gasteiger partial charge in [-0.25, -0.2) is 0 Å². The fourth-order valence-corrected chi connectivity index (χ4v) is 2.74. The van der Waals surface area contributed by atoms with Crippen molar-refractivity contribution < 1.29 is 4.74 Å². The lowest BCUT2D eigenvalue weighted by Crippen LogP contribution is -2.32. The van der Waals surface area contributed by atoms with E-state index in [0.29, 0.717) is 6.54 Å². The highest BCUT2D eigenvalue weighted by Gasteiger charge is 2.22. The lowest BCUT2D eigenvalue weighted by Gasteiger charge is -2.23. The van der Waals surface area contributed by atoms with E-state index < -0.39 is 0 Å². The zero-order chi connectivity index (χ0) is 12.8. The normalized spacial score (nSPS) is 20.2. The molecule has 1 aliphatic heterocycles. The van der Waals surface area contributed by atoms with Gasteiger partial charge in [0, 0.05) is 24.7 Å². The number of benzene rings is 1. The van der Waals surface area contributed by atoms with Gasteiger partial charge in [0.05, 0.1) is 0 Å². The molecule has 3 heteroatoms. The van der Waals surface area contributed by atoms with Crippen molar-refractivity contribution in [2.45, 2.75) is 38.8 Å². The molecular formula is C15H24N2O. The Bertz CT molecular complexity index is 367. The molecule has 1 aromatic rings. The van der Waals surface area contributed by atoms with Crippen molar-refractivity contribution in [3.05, 3.63) is 29.8 Å². The number of para-hydroxylation sites is 1. The lowest BCUT2D eigenvalue weighted by molar-refractivity contribution is 0.193. The van der Waals surface area contributed by atoms with E-state index in [-0.39, 0.29) is 0 Å². The van der Waals surface area contributed by atoms with E-state index in [1.165, 1.54) is 25.8 Å². The summed E-state index contributed by atoms with van der Waals surface area (Å²) in [6, 6.07) is 8.80. The van der Waals surface area contributed by atoms with Crippen LogP contribution in [0.2, 0.25) is 0 Å². The highest BCUT2D eigenvalue weighted by molar-refractivity contribution is 5.32. The molecule has 1 unspecified atom stereocenters. The first kappa shape index (κ1) is 13.4. The third-order valence-corrected chi connectivity index (χ3v) is 3.80. The summed E-state index contributed by atoms with van der Waals surface area (Å²) < 4.78 is 5.86. The van der Waals surface area contributed by atoms with Crippen LogP contribution in [0.15, 0.2) is 24.3 Å². The Kier molecular flexibility index (Phi) is 5.02. The Morgan fingerprint density at radius 2 is 2.22 bits per heavy atom. The van der Waals surface area contributed by atoms with Crippen LogP contribution in [0.5, 0.6) is 5.75 Å². The maximum atomic E-state index is 5.86. The van der Waals surface area contributed by atoms with Gasteiger partial charge in [-0.2, -0.15) is 0 Å². The van der Waals surface area contributed by atoms with Crippen molar-refractivity contribution in [1.82, 2.24) is 4.90 Å². The van der Waals surface area contributed by atoms with Crippen molar-refractivity contribution in [1.29, 1.82) is 0 Å². The first-order valence-electron chi connectivity index (χ1n) is 7.00. The number of likely N-dealkylation sites (tertiary alicyclic amines) is 1. The van der Waals surface area contributed by atoms with Crippen LogP contribution in [0.4, 0.5) is 0 Å². The summed E-state index contributed by atoms with van der Waals surface area (Å²) in [5.74, 6) is 0.937. The van der Waals surface area contributed by atoms with Gasteiger partial charge in [-0.15, -0.1) is 0 Å². The number of ether oxygens (including phenoxy) is 1. The summed E-state index contributed by atoms with van der Waals surface area (Å²) in [5.41, 5.74) is 6.79. The molecule has 0 saturated carbocycles. The predicted octanol–water partition coefficient (Wildman–Crippen LogP) is 2.40. The number of nitrogens with zero attached hydrogens (tertiary/aromatic N) is 1. The first-order valence-corrected chi connectivity index (χ1v) is 7.00. The molecule has 1 fully saturated rings. The van der Waals surface area contributed by atoms with Gasteiger partial charge in [0.2, 0.25) is 0 Å². The van der Waals surface area contributed by atoms with Crippen molar-refractivity contribution in [3.8, 4) is 5.75 Å². The quantitative estimate of drug-likeness (QED) is 0.840. The van der Waals surface area contributed by atoms with Crippen molar-refractivity contribution in [2.75, 3.05) is 19.7 Å². The molecule has 1 aromatic carbocycles. The summed E-state index contributed by atoms with van der Waals surface area (Å²) in [7, 11) is 0. The predicted molar refractivity (Wildman–Crippen MR) is 74.7 cm³/mol. The molecule has 0 aromatic heterocycles. The maximum Gasteiger partial charge on any atom is 0.123 e. The van der Waals surface area contributed by atoms with Crippen LogP contribution in [0.1, 0.15) is 31.7 Å². The van der Waals surface area contributed by atoms with Crippen LogP contribution >= 0.6 is 0 Å². The molecule has 1 heterocycles. The molecule has 0 radical (unpaired) electrons. The zero-order valence-corrected chi connectivity index (χ0v) is 11.3. The van der Waals surface area contributed by atoms with Gasteiger partial charge in [0.15, 0.2) is 0 Å². The second-order valence-electron chi connectivity index (χ2n) is 4.90. The average Bonchev–Trinajstić information content (AvgIpc) is 2.87. The Hall–Kier alpha value is -1.06. The van der Waals surface area contributed by atoms with Crippen LogP contribution in [0.25, 0.3) is 0 Å². The van der Waals surface area contributed by atoms with E-state index in [1.807, 2.05) is 24.3 Å². The SMILES string of the molecule is CCC1CCCN1CCOc1ccccc1CN. The van der Waals surface area contributed by atoms with E-state index in [2.05, 4.69) is 11.8 Å². The first-order chi connectivity index (χ1) is 8.85. The number of nitrogens with two attached hydrogens (primary N) is 1. The highest BCUT2D eigenvalue weighted by atomic mass is 16.5. The molecule has 2 rings (SSSR count). The molecule has 1 atom stereocenters. The Morgan fingerprint density at radius 3 is 3.00 bits per heavy atom. The summed E-state index contributed by atoms with van der Waals surface area (Å²) in [6.45, 7) is 5.82. The molecule has 0 spiro atoms. The van der Waals surface area contributed by atoms with Crippen LogP contribution in [-0.4, -0.2) is 30.6 Å². The van der Waals surface area contributed by atoms with Crippen LogP contribution in [0, 0.1) is 0 Å². The number of hydrogen-bond donors (Lipinski definition) is 1. The van der Waals surface area contributed by atoms with Gasteiger partial charge < -0.3 is 10.5 Å². The van der Waals surface area contributed by atoms with Gasteiger partial charge in [-0.1, -0.05) is 25.1 Å². The molecule has 100 valence electrons. The van der Waals surface area contributed by atoms with Gasteiger partial charge in [-0.05, 0) is 31.9 Å². The Balaban J connectivity index is 1.81. The molecule has 0 aliphatic carbocycles. The largest absolute Gasteiger partial charge is 0.492 e. The minimum Gasteiger partial charge on any atom is -0.492 e. The van der Waals surface area contributed by atoms with E-state index in [9.17, 15) is 0 Å². The van der Waals surface area contributed by atoms with E-state index in [1.54, 1.807) is 0 Å². The summed E-state index contributed by atoms with van der Waals surface area (Å²) in [4.78, 5) is 2.55. The molecule has 0 amide bonds. The molecule has 3 nitrogen and oxygen atoms in total. The maximum absolute atomic E-state index is 5.86. The minimum atomic E-state index is 0.539. The van der Waals surface area contributed by atoms with Crippen molar-refractivity contribution >= 4 is 0 Å². The van der Waals surface area contributed by atoms with Gasteiger partial charge in [0.1, 0.15) is 12.4 Å². The average molecular weight is 248 g/mol. The molecule has 2 N–H and O–H groups in total. The Morgan fingerprint density at radius 1 is 1.39 bits per heavy atom. The zero-order valence-electron chi connectivity index (χ0n) is 11.3. The highest BCUT2D eigenvalue weighted by Crippen LogP contribution is 2.20. The van der Waals surface area contributed by atoms with E-state index >= 15 is 0 Å². The smallest absolute Gasteiger partial charge is 0.123 e. The summed E-state index contributed by atoms with van der Waals surface area (Å²) in [5, 5.41) is 0. The van der Waals surface area contributed by atoms with Crippen molar-refractivity contribution in [2.24, 2.45) is 5.73 Å². The van der Waals surface area contributed by atoms with E-state index in [0.717, 1.165) is 30.5 Å². The van der Waals surface area contributed by atoms with Crippen LogP contribution < -0.4 is 10.5 Å². The van der Waals surface area contributed by atoms with Crippen LogP contribution in [-0.2, 0) is 6.54 Å². The molecule has 1 aliphatic rings. The Labute approximate surface area is 110 Å². The lowest BCUT2D eigenvalue weighted by atomic mass is 10.2. The third kappa shape index (κ3) is 3.24. The fourth-order valence-electron chi connectivity index (χ4n) is 2.74. The van der Waals surface area contributed by atoms with Crippen LogP contribution in [0.3, 0.4) is 0 Å². The summed E-state index contributed by atoms with van der Waals surface area (Å²) >= 11 is 0. The second-order valence-corrected chi connectivity index (χ2v) is 4.90. The van der Waals surface area contributed by atoms with Gasteiger partial charge in [0.25, 0.3) is 0 Å². The number of rotatable bonds is 6. The minimum absolute atomic E-state index is 0.539. The third-order valence-electron chi connectivity index (χ3n) is 3.80. The van der Waals surface area contributed by atoms with Crippen molar-refractivity contribution in [3.63, 3.8) is 0 Å². The fraction of sp³-hybridized carbons (Fsp3) is 0.600.